The number of carbonyl (C=O) groups is 1. The van der Waals surface area contributed by atoms with Crippen LogP contribution < -0.4 is 15.5 Å². The zero-order chi connectivity index (χ0) is 20.3. The molecule has 3 rings (SSSR count). The van der Waals surface area contributed by atoms with Crippen molar-refractivity contribution in [3.63, 3.8) is 0 Å². The average molecular weight is 393 g/mol. The Morgan fingerprint density at radius 1 is 1.39 bits per heavy atom. The molecule has 1 amide bonds. The van der Waals surface area contributed by atoms with E-state index in [1.54, 1.807) is 17.8 Å². The molecule has 1 saturated carbocycles. The first-order chi connectivity index (χ1) is 13.3. The number of hydrogen-bond donors (Lipinski definition) is 2. The van der Waals surface area contributed by atoms with Crippen molar-refractivity contribution >= 4 is 23.9 Å². The Bertz CT molecular complexity index is 831. The molecule has 0 aromatic carbocycles. The summed E-state index contributed by atoms with van der Waals surface area (Å²) in [4.78, 5) is 21.7. The largest absolute Gasteiger partial charge is 0.358 e. The highest BCUT2D eigenvalue weighted by Gasteiger charge is 2.45. The third-order valence-electron chi connectivity index (χ3n) is 4.87. The summed E-state index contributed by atoms with van der Waals surface area (Å²) in [6.07, 6.45) is 4.03. The van der Waals surface area contributed by atoms with Gasteiger partial charge in [0.05, 0.1) is 11.9 Å². The van der Waals surface area contributed by atoms with Gasteiger partial charge in [0.15, 0.2) is 5.82 Å². The lowest BCUT2D eigenvalue weighted by Crippen LogP contribution is -2.37. The van der Waals surface area contributed by atoms with Crippen LogP contribution >= 0.6 is 0 Å². The fraction of sp³-hybridized carbons (Fsp3) is 0.556. The molecule has 0 saturated heterocycles. The number of alkyl halides is 2. The average Bonchev–Trinajstić information content (AvgIpc) is 3.07. The van der Waals surface area contributed by atoms with Gasteiger partial charge in [-0.1, -0.05) is 0 Å². The van der Waals surface area contributed by atoms with Crippen LogP contribution in [0.3, 0.4) is 0 Å². The molecular formula is C18H25F2N7O. The predicted octanol–water partition coefficient (Wildman–Crippen LogP) is 2.66. The molecule has 1 aliphatic carbocycles. The lowest BCUT2D eigenvalue weighted by Gasteiger charge is -2.34. The Balaban J connectivity index is 1.64. The summed E-state index contributed by atoms with van der Waals surface area (Å²) in [7, 11) is 1.88. The van der Waals surface area contributed by atoms with Gasteiger partial charge in [-0.2, -0.15) is 10.1 Å². The molecule has 0 unspecified atom stereocenters. The molecule has 0 radical (unpaired) electrons. The third-order valence-corrected chi connectivity index (χ3v) is 4.87. The second-order valence-corrected chi connectivity index (χ2v) is 7.16. The molecule has 10 heteroatoms. The summed E-state index contributed by atoms with van der Waals surface area (Å²) in [6.45, 7) is 5.47. The summed E-state index contributed by atoms with van der Waals surface area (Å²) in [6, 6.07) is 0. The van der Waals surface area contributed by atoms with Crippen molar-refractivity contribution in [2.75, 3.05) is 29.1 Å². The van der Waals surface area contributed by atoms with Gasteiger partial charge in [-0.15, -0.1) is 0 Å². The molecule has 0 bridgehead atoms. The van der Waals surface area contributed by atoms with Crippen LogP contribution in [-0.2, 0) is 17.9 Å². The number of carbonyl (C=O) groups excluding carboxylic acids is 1. The zero-order valence-electron chi connectivity index (χ0n) is 16.2. The molecular weight excluding hydrogens is 368 g/mol. The monoisotopic (exact) mass is 393 g/mol. The van der Waals surface area contributed by atoms with E-state index >= 15 is 0 Å². The Kier molecular flexibility index (Phi) is 5.76. The van der Waals surface area contributed by atoms with Crippen LogP contribution in [-0.4, -0.2) is 45.7 Å². The highest BCUT2D eigenvalue weighted by molar-refractivity contribution is 5.81. The van der Waals surface area contributed by atoms with Crippen molar-refractivity contribution in [1.82, 2.24) is 19.7 Å². The first kappa shape index (κ1) is 20.0. The normalized spacial score (nSPS) is 15.8. The first-order valence-electron chi connectivity index (χ1n) is 9.24. The quantitative estimate of drug-likeness (QED) is 0.637. The molecule has 0 spiro atoms. The molecule has 2 aromatic rings. The van der Waals surface area contributed by atoms with Gasteiger partial charge in [0.1, 0.15) is 5.69 Å². The Labute approximate surface area is 162 Å². The van der Waals surface area contributed by atoms with E-state index in [2.05, 4.69) is 25.7 Å². The molecule has 2 heterocycles. The van der Waals surface area contributed by atoms with Crippen molar-refractivity contribution in [2.45, 2.75) is 45.7 Å². The number of amides is 1. The maximum absolute atomic E-state index is 12.9. The van der Waals surface area contributed by atoms with Crippen molar-refractivity contribution in [1.29, 1.82) is 0 Å². The summed E-state index contributed by atoms with van der Waals surface area (Å²) < 4.78 is 27.6. The van der Waals surface area contributed by atoms with Crippen LogP contribution in [0.5, 0.6) is 0 Å². The highest BCUT2D eigenvalue weighted by atomic mass is 19.3. The van der Waals surface area contributed by atoms with E-state index in [0.29, 0.717) is 42.6 Å². The van der Waals surface area contributed by atoms with E-state index in [4.69, 9.17) is 0 Å². The molecule has 1 aliphatic rings. The van der Waals surface area contributed by atoms with Crippen molar-refractivity contribution < 1.29 is 13.6 Å². The van der Waals surface area contributed by atoms with E-state index in [9.17, 15) is 13.6 Å². The minimum absolute atomic E-state index is 0.0216. The van der Waals surface area contributed by atoms with Crippen molar-refractivity contribution in [3.05, 3.63) is 23.7 Å². The molecule has 152 valence electrons. The van der Waals surface area contributed by atoms with Gasteiger partial charge in [0.25, 0.3) is 0 Å². The lowest BCUT2D eigenvalue weighted by molar-refractivity contribution is -0.114. The third kappa shape index (κ3) is 4.55. The molecule has 0 atom stereocenters. The smallest absolute Gasteiger partial charge is 0.248 e. The maximum atomic E-state index is 12.9. The minimum atomic E-state index is -2.51. The van der Waals surface area contributed by atoms with Crippen molar-refractivity contribution in [3.8, 4) is 0 Å². The second-order valence-electron chi connectivity index (χ2n) is 7.16. The number of aromatic nitrogens is 4. The van der Waals surface area contributed by atoms with E-state index in [0.717, 1.165) is 12.1 Å². The van der Waals surface area contributed by atoms with Gasteiger partial charge >= 0.3 is 0 Å². The Morgan fingerprint density at radius 3 is 2.79 bits per heavy atom. The van der Waals surface area contributed by atoms with Gasteiger partial charge in [-0.25, -0.2) is 13.8 Å². The number of anilines is 3. The second kappa shape index (κ2) is 8.07. The Hall–Kier alpha value is -2.78. The number of nitrogens with zero attached hydrogens (tertiary/aromatic N) is 5. The Morgan fingerprint density at radius 2 is 2.14 bits per heavy atom. The standard InChI is InChI=1S/C18H25F2N7O/c1-4-26(3)16-15(22-11-28)12(2)24-17(25-16)21-7-14-8-23-27(10-14)9-13-5-18(19,20)6-13/h8,10-11,13H,4-7,9H2,1-3H3,(H,22,28)(H,21,24,25). The predicted molar refractivity (Wildman–Crippen MR) is 103 cm³/mol. The van der Waals surface area contributed by atoms with Gasteiger partial charge in [0, 0.05) is 51.3 Å². The fourth-order valence-electron chi connectivity index (χ4n) is 3.25. The van der Waals surface area contributed by atoms with Crippen LogP contribution in [0.15, 0.2) is 12.4 Å². The van der Waals surface area contributed by atoms with Crippen LogP contribution in [0, 0.1) is 12.8 Å². The maximum Gasteiger partial charge on any atom is 0.248 e. The van der Waals surface area contributed by atoms with Gasteiger partial charge < -0.3 is 15.5 Å². The van der Waals surface area contributed by atoms with Crippen LogP contribution in [0.25, 0.3) is 0 Å². The summed E-state index contributed by atoms with van der Waals surface area (Å²) >= 11 is 0. The van der Waals surface area contributed by atoms with Crippen molar-refractivity contribution in [2.24, 2.45) is 5.92 Å². The summed E-state index contributed by atoms with van der Waals surface area (Å²) in [5.74, 6) is -1.46. The molecule has 0 aliphatic heterocycles. The molecule has 2 aromatic heterocycles. The number of halogens is 2. The molecule has 8 nitrogen and oxygen atoms in total. The number of hydrogen-bond acceptors (Lipinski definition) is 6. The van der Waals surface area contributed by atoms with E-state index in [1.807, 2.05) is 25.1 Å². The van der Waals surface area contributed by atoms with Crippen LogP contribution in [0.2, 0.25) is 0 Å². The molecule has 1 fully saturated rings. The van der Waals surface area contributed by atoms with Crippen LogP contribution in [0.4, 0.5) is 26.2 Å². The van der Waals surface area contributed by atoms with E-state index < -0.39 is 5.92 Å². The van der Waals surface area contributed by atoms with E-state index in [1.165, 1.54) is 0 Å². The van der Waals surface area contributed by atoms with Gasteiger partial charge in [-0.05, 0) is 19.8 Å². The number of nitrogens with one attached hydrogen (secondary N) is 2. The van der Waals surface area contributed by atoms with Crippen LogP contribution in [0.1, 0.15) is 31.0 Å². The highest BCUT2D eigenvalue weighted by Crippen LogP contribution is 2.42. The minimum Gasteiger partial charge on any atom is -0.358 e. The SMILES string of the molecule is CCN(C)c1nc(NCc2cnn(CC3CC(F)(F)C3)c2)nc(C)c1NC=O. The number of rotatable bonds is 9. The van der Waals surface area contributed by atoms with Gasteiger partial charge in [-0.3, -0.25) is 9.48 Å². The van der Waals surface area contributed by atoms with Gasteiger partial charge in [0.2, 0.25) is 18.3 Å². The lowest BCUT2D eigenvalue weighted by atomic mass is 9.81. The summed E-state index contributed by atoms with van der Waals surface area (Å²) in [5.41, 5.74) is 2.14. The molecule has 2 N–H and O–H groups in total. The summed E-state index contributed by atoms with van der Waals surface area (Å²) in [5, 5.41) is 10.1. The first-order valence-corrected chi connectivity index (χ1v) is 9.24. The fourth-order valence-corrected chi connectivity index (χ4v) is 3.25. The van der Waals surface area contributed by atoms with E-state index in [-0.39, 0.29) is 18.8 Å². The molecule has 28 heavy (non-hydrogen) atoms. The topological polar surface area (TPSA) is 88.0 Å². The number of aryl methyl sites for hydroxylation is 1. The zero-order valence-corrected chi connectivity index (χ0v) is 16.2.